The average Bonchev–Trinajstić information content (AvgIpc) is 2.88. The molecule has 1 amide bonds. The minimum atomic E-state index is -1.07. The van der Waals surface area contributed by atoms with Crippen LogP contribution in [0.3, 0.4) is 0 Å². The summed E-state index contributed by atoms with van der Waals surface area (Å²) in [5.41, 5.74) is 0.508. The second kappa shape index (κ2) is 11.5. The van der Waals surface area contributed by atoms with Crippen LogP contribution < -0.4 is 20.5 Å². The van der Waals surface area contributed by atoms with Gasteiger partial charge in [-0.05, 0) is 49.8 Å². The second-order valence-corrected chi connectivity index (χ2v) is 9.84. The maximum atomic E-state index is 13.3. The Morgan fingerprint density at radius 1 is 1.22 bits per heavy atom. The Morgan fingerprint density at radius 2 is 1.92 bits per heavy atom. The molecule has 0 bridgehead atoms. The smallest absolute Gasteiger partial charge is 0.309 e. The fraction of sp³-hybridized carbons (Fsp3) is 0.519. The Balaban J connectivity index is 1.58. The summed E-state index contributed by atoms with van der Waals surface area (Å²) < 4.78 is 10.9. The Morgan fingerprint density at radius 3 is 2.54 bits per heavy atom. The van der Waals surface area contributed by atoms with E-state index < -0.39 is 23.3 Å². The van der Waals surface area contributed by atoms with Crippen molar-refractivity contribution in [2.75, 3.05) is 36.5 Å². The first-order valence-corrected chi connectivity index (χ1v) is 12.8. The van der Waals surface area contributed by atoms with Gasteiger partial charge in [0.05, 0.1) is 30.8 Å². The average molecular weight is 508 g/mol. The Labute approximate surface area is 216 Å². The highest BCUT2D eigenvalue weighted by molar-refractivity contribution is 5.98. The highest BCUT2D eigenvalue weighted by Gasteiger charge is 2.40. The van der Waals surface area contributed by atoms with Crippen LogP contribution in [-0.4, -0.2) is 48.1 Å². The molecule has 2 N–H and O–H groups in total. The van der Waals surface area contributed by atoms with Crippen molar-refractivity contribution in [3.05, 3.63) is 45.7 Å². The molecule has 2 aliphatic rings. The van der Waals surface area contributed by atoms with Crippen LogP contribution in [-0.2, 0) is 14.3 Å². The minimum absolute atomic E-state index is 0.157. The fourth-order valence-corrected chi connectivity index (χ4v) is 4.78. The van der Waals surface area contributed by atoms with E-state index in [0.29, 0.717) is 62.3 Å². The molecule has 0 radical (unpaired) electrons. The summed E-state index contributed by atoms with van der Waals surface area (Å²) in [5, 5.41) is 12.4. The number of fused-ring (bicyclic) bond motifs is 1. The van der Waals surface area contributed by atoms with Crippen molar-refractivity contribution >= 4 is 23.6 Å². The monoisotopic (exact) mass is 507 g/mol. The molecule has 1 aromatic heterocycles. The molecule has 10 nitrogen and oxygen atoms in total. The molecule has 2 aromatic rings. The van der Waals surface area contributed by atoms with Crippen molar-refractivity contribution < 1.29 is 19.1 Å². The van der Waals surface area contributed by atoms with Crippen LogP contribution in [0.4, 0.5) is 11.8 Å². The number of H-pyrrole nitrogens is 1. The summed E-state index contributed by atoms with van der Waals surface area (Å²) in [6.07, 6.45) is 2.09. The molecular weight excluding hydrogens is 474 g/mol. The zero-order chi connectivity index (χ0) is 26.5. The molecule has 10 heteroatoms. The first-order chi connectivity index (χ1) is 17.8. The molecule has 1 fully saturated rings. The van der Waals surface area contributed by atoms with Gasteiger partial charge in [-0.15, -0.1) is 0 Å². The van der Waals surface area contributed by atoms with Gasteiger partial charge in [-0.25, -0.2) is 0 Å². The maximum Gasteiger partial charge on any atom is 0.309 e. The number of benzene rings is 1. The molecule has 37 heavy (non-hydrogen) atoms. The highest BCUT2D eigenvalue weighted by Crippen LogP contribution is 2.39. The maximum absolute atomic E-state index is 13.3. The molecule has 0 spiro atoms. The van der Waals surface area contributed by atoms with E-state index in [0.717, 1.165) is 6.42 Å². The van der Waals surface area contributed by atoms with Crippen LogP contribution >= 0.6 is 0 Å². The number of rotatable bonds is 8. The number of anilines is 2. The molecular formula is C27H33N5O5. The topological polar surface area (TPSA) is 137 Å². The van der Waals surface area contributed by atoms with Gasteiger partial charge in [-0.3, -0.25) is 19.4 Å². The van der Waals surface area contributed by atoms with Crippen molar-refractivity contribution in [1.29, 1.82) is 5.26 Å². The van der Waals surface area contributed by atoms with E-state index in [1.807, 2.05) is 4.90 Å². The first-order valence-electron chi connectivity index (χ1n) is 12.8. The number of hydrogen-bond donors (Lipinski definition) is 2. The van der Waals surface area contributed by atoms with Crippen LogP contribution in [0.25, 0.3) is 0 Å². The molecule has 0 saturated carbocycles. The number of ether oxygens (including phenoxy) is 2. The number of aromatic nitrogens is 2. The lowest BCUT2D eigenvalue weighted by atomic mass is 9.79. The van der Waals surface area contributed by atoms with Gasteiger partial charge in [0.1, 0.15) is 17.5 Å². The van der Waals surface area contributed by atoms with Crippen LogP contribution in [0.1, 0.15) is 57.1 Å². The van der Waals surface area contributed by atoms with Crippen molar-refractivity contribution in [3.8, 4) is 11.8 Å². The molecule has 2 unspecified atom stereocenters. The van der Waals surface area contributed by atoms with Gasteiger partial charge in [0.15, 0.2) is 0 Å². The molecule has 2 atom stereocenters. The predicted molar refractivity (Wildman–Crippen MR) is 137 cm³/mol. The summed E-state index contributed by atoms with van der Waals surface area (Å²) in [7, 11) is 0. The summed E-state index contributed by atoms with van der Waals surface area (Å²) in [6, 6.07) is 9.22. The van der Waals surface area contributed by atoms with Gasteiger partial charge in [0, 0.05) is 19.0 Å². The third kappa shape index (κ3) is 5.77. The quantitative estimate of drug-likeness (QED) is 0.520. The zero-order valence-corrected chi connectivity index (χ0v) is 21.5. The van der Waals surface area contributed by atoms with E-state index in [2.05, 4.69) is 35.2 Å². The molecule has 4 rings (SSSR count). The van der Waals surface area contributed by atoms with Gasteiger partial charge >= 0.3 is 5.97 Å². The normalized spacial score (nSPS) is 19.6. The number of hydrogen-bond acceptors (Lipinski definition) is 8. The van der Waals surface area contributed by atoms with Gasteiger partial charge < -0.3 is 19.7 Å². The number of aromatic amines is 1. The Bertz CT molecular complexity index is 1230. The Kier molecular flexibility index (Phi) is 8.11. The van der Waals surface area contributed by atoms with Crippen molar-refractivity contribution in [1.82, 2.24) is 9.97 Å². The van der Waals surface area contributed by atoms with Crippen molar-refractivity contribution in [2.45, 2.75) is 46.0 Å². The van der Waals surface area contributed by atoms with Crippen molar-refractivity contribution in [3.63, 3.8) is 0 Å². The summed E-state index contributed by atoms with van der Waals surface area (Å²) >= 11 is 0. The van der Waals surface area contributed by atoms with Gasteiger partial charge in [-0.2, -0.15) is 10.2 Å². The number of esters is 1. The van der Waals surface area contributed by atoms with Gasteiger partial charge in [0.2, 0.25) is 11.9 Å². The standard InChI is InChI=1S/C27H33N5O5/c1-4-36-26(35)18-9-12-32(13-10-18)27-30-23-22(25(34)31-27)21(20(15-28)24(33)29-23)17-5-7-19(8-6-17)37-14-11-16(2)3/h5-8,16,18,20-21H,4,9-14H2,1-3H3,(H2,29,30,31,33,34). The number of nitrogens with one attached hydrogen (secondary N) is 2. The SMILES string of the molecule is CCOC(=O)C1CCN(c2nc3c(c(=O)[nH]2)C(c2ccc(OCCC(C)C)cc2)C(C#N)C(=O)N3)CC1. The molecule has 1 aromatic carbocycles. The summed E-state index contributed by atoms with van der Waals surface area (Å²) in [5.74, 6) is -1.02. The highest BCUT2D eigenvalue weighted by atomic mass is 16.5. The van der Waals surface area contributed by atoms with Crippen LogP contribution in [0.5, 0.6) is 5.75 Å². The van der Waals surface area contributed by atoms with E-state index in [4.69, 9.17) is 9.47 Å². The van der Waals surface area contributed by atoms with Crippen LogP contribution in [0, 0.1) is 29.1 Å². The number of nitriles is 1. The third-order valence-corrected chi connectivity index (χ3v) is 6.87. The fourth-order valence-electron chi connectivity index (χ4n) is 4.78. The van der Waals surface area contributed by atoms with Gasteiger partial charge in [-0.1, -0.05) is 26.0 Å². The second-order valence-electron chi connectivity index (χ2n) is 9.84. The lowest BCUT2D eigenvalue weighted by molar-refractivity contribution is -0.148. The molecule has 1 saturated heterocycles. The van der Waals surface area contributed by atoms with E-state index in [9.17, 15) is 19.6 Å². The lowest BCUT2D eigenvalue weighted by Gasteiger charge is -2.33. The number of carbonyl (C=O) groups is 2. The van der Waals surface area contributed by atoms with E-state index >= 15 is 0 Å². The van der Waals surface area contributed by atoms with E-state index in [1.165, 1.54) is 0 Å². The molecule has 2 aliphatic heterocycles. The predicted octanol–water partition coefficient (Wildman–Crippen LogP) is 3.20. The number of carbonyl (C=O) groups excluding carboxylic acids is 2. The zero-order valence-electron chi connectivity index (χ0n) is 21.5. The van der Waals surface area contributed by atoms with E-state index in [-0.39, 0.29) is 23.3 Å². The lowest BCUT2D eigenvalue weighted by Crippen LogP contribution is -2.41. The van der Waals surface area contributed by atoms with Crippen molar-refractivity contribution in [2.24, 2.45) is 17.8 Å². The molecule has 3 heterocycles. The first kappa shape index (κ1) is 26.2. The molecule has 196 valence electrons. The molecule has 0 aliphatic carbocycles. The Hall–Kier alpha value is -3.87. The summed E-state index contributed by atoms with van der Waals surface area (Å²) in [6.45, 7) is 8.00. The number of amides is 1. The summed E-state index contributed by atoms with van der Waals surface area (Å²) in [4.78, 5) is 47.5. The van der Waals surface area contributed by atoms with E-state index in [1.54, 1.807) is 31.2 Å². The van der Waals surface area contributed by atoms with Crippen LogP contribution in [0.2, 0.25) is 0 Å². The number of piperidine rings is 1. The van der Waals surface area contributed by atoms with Gasteiger partial charge in [0.25, 0.3) is 5.56 Å². The minimum Gasteiger partial charge on any atom is -0.494 e. The number of nitrogens with zero attached hydrogens (tertiary/aromatic N) is 3. The third-order valence-electron chi connectivity index (χ3n) is 6.87. The largest absolute Gasteiger partial charge is 0.494 e. The van der Waals surface area contributed by atoms with Crippen LogP contribution in [0.15, 0.2) is 29.1 Å².